The summed E-state index contributed by atoms with van der Waals surface area (Å²) < 4.78 is 30.8. The number of hydrogen-bond acceptors (Lipinski definition) is 4. The van der Waals surface area contributed by atoms with Gasteiger partial charge in [-0.05, 0) is 65.9 Å². The van der Waals surface area contributed by atoms with E-state index < -0.39 is 40.0 Å². The molecule has 0 radical (unpaired) electrons. The molecule has 0 aliphatic carbocycles. The predicted octanol–water partition coefficient (Wildman–Crippen LogP) is 6.32. The molecule has 3 atom stereocenters. The Balaban J connectivity index is 1.66. The standard InChI is InChI=1S/C34H31Cl2N3O4S/c1-22-9-5-6-16-31(22)44(42,43)39-30(24-12-7-14-26(35)20-24)18-17-28(32(39)25-13-8-15-27(36)21-25)34(41)38-29(33(37)40)19-23-10-3-2-4-11-23/h2-17,20-21,29-30,32H,18-19H2,1H3,(H2,37,40)(H,38,41)/t29-,30-,32-/m0/s1. The van der Waals surface area contributed by atoms with Gasteiger partial charge in [-0.1, -0.05) is 102 Å². The van der Waals surface area contributed by atoms with Gasteiger partial charge in [0.05, 0.1) is 17.0 Å². The first kappa shape index (κ1) is 31.5. The first-order valence-electron chi connectivity index (χ1n) is 14.0. The highest BCUT2D eigenvalue weighted by atomic mass is 35.5. The molecule has 44 heavy (non-hydrogen) atoms. The van der Waals surface area contributed by atoms with Crippen molar-refractivity contribution in [1.82, 2.24) is 9.62 Å². The maximum atomic E-state index is 14.7. The van der Waals surface area contributed by atoms with Gasteiger partial charge in [-0.25, -0.2) is 8.42 Å². The minimum absolute atomic E-state index is 0.111. The zero-order chi connectivity index (χ0) is 31.4. The lowest BCUT2D eigenvalue weighted by Gasteiger charge is -2.41. The number of hydrogen-bond donors (Lipinski definition) is 2. The maximum absolute atomic E-state index is 14.7. The van der Waals surface area contributed by atoms with Gasteiger partial charge in [-0.3, -0.25) is 9.59 Å². The van der Waals surface area contributed by atoms with Crippen molar-refractivity contribution in [1.29, 1.82) is 0 Å². The summed E-state index contributed by atoms with van der Waals surface area (Å²) in [5.41, 5.74) is 8.39. The van der Waals surface area contributed by atoms with Crippen LogP contribution in [0.3, 0.4) is 0 Å². The number of aryl methyl sites for hydroxylation is 1. The molecule has 0 unspecified atom stereocenters. The van der Waals surface area contributed by atoms with Crippen molar-refractivity contribution >= 4 is 45.0 Å². The smallest absolute Gasteiger partial charge is 0.249 e. The molecular weight excluding hydrogens is 617 g/mol. The third kappa shape index (κ3) is 6.74. The van der Waals surface area contributed by atoms with Crippen molar-refractivity contribution in [2.24, 2.45) is 5.73 Å². The predicted molar refractivity (Wildman–Crippen MR) is 173 cm³/mol. The number of nitrogens with two attached hydrogens (primary N) is 1. The molecule has 0 fully saturated rings. The van der Waals surface area contributed by atoms with E-state index in [1.165, 1.54) is 4.31 Å². The van der Waals surface area contributed by atoms with Crippen LogP contribution in [-0.4, -0.2) is 30.6 Å². The highest BCUT2D eigenvalue weighted by molar-refractivity contribution is 7.89. The number of nitrogens with zero attached hydrogens (tertiary/aromatic N) is 1. The number of amides is 2. The van der Waals surface area contributed by atoms with Crippen LogP contribution < -0.4 is 11.1 Å². The summed E-state index contributed by atoms with van der Waals surface area (Å²) in [4.78, 5) is 26.7. The minimum atomic E-state index is -4.24. The van der Waals surface area contributed by atoms with Gasteiger partial charge in [0.25, 0.3) is 0 Å². The van der Waals surface area contributed by atoms with Gasteiger partial charge < -0.3 is 11.1 Å². The Morgan fingerprint density at radius 2 is 1.50 bits per heavy atom. The zero-order valence-corrected chi connectivity index (χ0v) is 26.2. The molecule has 3 N–H and O–H groups in total. The Kier molecular flexibility index (Phi) is 9.56. The van der Waals surface area contributed by atoms with Crippen molar-refractivity contribution in [3.05, 3.63) is 147 Å². The van der Waals surface area contributed by atoms with E-state index in [1.54, 1.807) is 79.7 Å². The van der Waals surface area contributed by atoms with E-state index in [0.29, 0.717) is 26.7 Å². The topological polar surface area (TPSA) is 110 Å². The molecule has 1 heterocycles. The molecule has 0 saturated heterocycles. The zero-order valence-electron chi connectivity index (χ0n) is 23.9. The van der Waals surface area contributed by atoms with Gasteiger partial charge in [0.15, 0.2) is 0 Å². The summed E-state index contributed by atoms with van der Waals surface area (Å²) in [6, 6.07) is 26.8. The van der Waals surface area contributed by atoms with E-state index in [9.17, 15) is 18.0 Å². The average Bonchev–Trinajstić information content (AvgIpc) is 3.00. The Labute approximate surface area is 267 Å². The fourth-order valence-electron chi connectivity index (χ4n) is 5.57. The van der Waals surface area contributed by atoms with Crippen LogP contribution in [0.25, 0.3) is 0 Å². The van der Waals surface area contributed by atoms with Crippen LogP contribution in [0.5, 0.6) is 0 Å². The second-order valence-corrected chi connectivity index (χ2v) is 13.3. The molecule has 10 heteroatoms. The van der Waals surface area contributed by atoms with E-state index in [1.807, 2.05) is 36.4 Å². The molecule has 4 aromatic rings. The maximum Gasteiger partial charge on any atom is 0.249 e. The van der Waals surface area contributed by atoms with Crippen molar-refractivity contribution in [3.8, 4) is 0 Å². The molecule has 7 nitrogen and oxygen atoms in total. The van der Waals surface area contributed by atoms with E-state index in [4.69, 9.17) is 28.9 Å². The minimum Gasteiger partial charge on any atom is -0.368 e. The molecule has 0 spiro atoms. The van der Waals surface area contributed by atoms with Crippen LogP contribution in [0.4, 0.5) is 0 Å². The molecule has 0 aromatic heterocycles. The van der Waals surface area contributed by atoms with E-state index in [0.717, 1.165) is 5.56 Å². The van der Waals surface area contributed by atoms with Crippen molar-refractivity contribution in [2.75, 3.05) is 0 Å². The highest BCUT2D eigenvalue weighted by Crippen LogP contribution is 2.46. The van der Waals surface area contributed by atoms with Crippen molar-refractivity contribution < 1.29 is 18.0 Å². The average molecular weight is 649 g/mol. The van der Waals surface area contributed by atoms with Gasteiger partial charge in [-0.2, -0.15) is 4.31 Å². The second kappa shape index (κ2) is 13.4. The summed E-state index contributed by atoms with van der Waals surface area (Å²) in [6.45, 7) is 1.73. The number of nitrogens with one attached hydrogen (secondary N) is 1. The largest absolute Gasteiger partial charge is 0.368 e. The van der Waals surface area contributed by atoms with Gasteiger partial charge in [0.1, 0.15) is 6.04 Å². The lowest BCUT2D eigenvalue weighted by molar-refractivity contribution is -0.125. The monoisotopic (exact) mass is 647 g/mol. The number of benzene rings is 4. The van der Waals surface area contributed by atoms with Crippen LogP contribution in [0.1, 0.15) is 40.8 Å². The number of rotatable bonds is 9. The fourth-order valence-corrected chi connectivity index (χ4v) is 7.97. The molecule has 2 amide bonds. The molecule has 226 valence electrons. The normalized spacial score (nSPS) is 17.8. The van der Waals surface area contributed by atoms with Crippen molar-refractivity contribution in [3.63, 3.8) is 0 Å². The molecule has 4 aromatic carbocycles. The lowest BCUT2D eigenvalue weighted by atomic mass is 9.88. The number of halogens is 2. The third-order valence-corrected chi connectivity index (χ3v) is 10.2. The van der Waals surface area contributed by atoms with E-state index in [2.05, 4.69) is 5.32 Å². The fraction of sp³-hybridized carbons (Fsp3) is 0.176. The molecule has 5 rings (SSSR count). The van der Waals surface area contributed by atoms with Crippen LogP contribution in [0, 0.1) is 6.92 Å². The quantitative estimate of drug-likeness (QED) is 0.222. The summed E-state index contributed by atoms with van der Waals surface area (Å²) >= 11 is 12.8. The summed E-state index contributed by atoms with van der Waals surface area (Å²) in [5.74, 6) is -1.32. The van der Waals surface area contributed by atoms with Crippen LogP contribution in [0.2, 0.25) is 10.0 Å². The van der Waals surface area contributed by atoms with Gasteiger partial charge in [0, 0.05) is 22.0 Å². The van der Waals surface area contributed by atoms with Crippen LogP contribution in [-0.2, 0) is 26.0 Å². The third-order valence-electron chi connectivity index (χ3n) is 7.66. The number of primary amides is 1. The van der Waals surface area contributed by atoms with Gasteiger partial charge in [0.2, 0.25) is 21.8 Å². The molecule has 1 aliphatic heterocycles. The molecular formula is C34H31Cl2N3O4S. The molecule has 1 aliphatic rings. The number of carbonyl (C=O) groups excluding carboxylic acids is 2. The first-order chi connectivity index (χ1) is 21.1. The summed E-state index contributed by atoms with van der Waals surface area (Å²) in [7, 11) is -4.24. The Morgan fingerprint density at radius 1 is 0.886 bits per heavy atom. The highest BCUT2D eigenvalue weighted by Gasteiger charge is 2.45. The number of sulfonamides is 1. The molecule has 0 bridgehead atoms. The Morgan fingerprint density at radius 3 is 2.14 bits per heavy atom. The molecule has 0 saturated carbocycles. The Bertz CT molecular complexity index is 1830. The van der Waals surface area contributed by atoms with Crippen LogP contribution >= 0.6 is 23.2 Å². The SMILES string of the molecule is Cc1ccccc1S(=O)(=O)N1[C@@H](c2cccc(Cl)c2)C(C(=O)N[C@@H](Cc2ccccc2)C(N)=O)=CC[C@H]1c1cccc(Cl)c1. The second-order valence-electron chi connectivity index (χ2n) is 10.6. The summed E-state index contributed by atoms with van der Waals surface area (Å²) in [6.07, 6.45) is 2.06. The summed E-state index contributed by atoms with van der Waals surface area (Å²) in [5, 5.41) is 3.60. The first-order valence-corrected chi connectivity index (χ1v) is 16.2. The van der Waals surface area contributed by atoms with E-state index >= 15 is 0 Å². The van der Waals surface area contributed by atoms with E-state index in [-0.39, 0.29) is 23.3 Å². The van der Waals surface area contributed by atoms with Crippen LogP contribution in [0.15, 0.2) is 120 Å². The van der Waals surface area contributed by atoms with Gasteiger partial charge in [-0.15, -0.1) is 0 Å². The van der Waals surface area contributed by atoms with Gasteiger partial charge >= 0.3 is 0 Å². The Hall–Kier alpha value is -3.95. The lowest BCUT2D eigenvalue weighted by Crippen LogP contribution is -2.49. The number of carbonyl (C=O) groups is 2. The van der Waals surface area contributed by atoms with Crippen molar-refractivity contribution in [2.45, 2.75) is 42.8 Å².